The number of aromatic amines is 1. The van der Waals surface area contributed by atoms with Gasteiger partial charge in [-0.05, 0) is 39.0 Å². The molecule has 0 amide bonds. The molecule has 202 valence electrons. The Labute approximate surface area is 213 Å². The Kier molecular flexibility index (Phi) is 8.23. The Morgan fingerprint density at radius 2 is 1.66 bits per heavy atom. The molecule has 0 aliphatic rings. The van der Waals surface area contributed by atoms with Crippen molar-refractivity contribution in [3.05, 3.63) is 46.4 Å². The minimum atomic E-state index is -5.08. The summed E-state index contributed by atoms with van der Waals surface area (Å²) >= 11 is 0. The van der Waals surface area contributed by atoms with Crippen molar-refractivity contribution in [2.45, 2.75) is 33.1 Å². The Bertz CT molecular complexity index is 1540. The Morgan fingerprint density at radius 3 is 2.24 bits per heavy atom. The topological polar surface area (TPSA) is 149 Å². The molecule has 14 heteroatoms. The fourth-order valence-corrected chi connectivity index (χ4v) is 3.34. The smallest absolute Gasteiger partial charge is 0.490 e. The van der Waals surface area contributed by atoms with Gasteiger partial charge in [0.05, 0.1) is 37.1 Å². The van der Waals surface area contributed by atoms with Crippen LogP contribution in [0.1, 0.15) is 19.5 Å². The monoisotopic (exact) mass is 535 g/mol. The molecule has 0 saturated carbocycles. The van der Waals surface area contributed by atoms with Crippen molar-refractivity contribution in [3.63, 3.8) is 0 Å². The highest BCUT2D eigenvalue weighted by molar-refractivity contribution is 5.87. The normalized spacial score (nSPS) is 11.2. The molecule has 11 nitrogen and oxygen atoms in total. The maximum absolute atomic E-state index is 12.7. The average molecular weight is 535 g/mol. The van der Waals surface area contributed by atoms with Crippen molar-refractivity contribution >= 4 is 39.7 Å². The molecule has 0 saturated heterocycles. The number of nitrogens with one attached hydrogen (secondary N) is 2. The molecular weight excluding hydrogens is 511 g/mol. The van der Waals surface area contributed by atoms with Crippen LogP contribution in [0.4, 0.5) is 25.1 Å². The third-order valence-corrected chi connectivity index (χ3v) is 4.92. The molecule has 0 unspecified atom stereocenters. The number of nitrogens with zero attached hydrogens (tertiary/aromatic N) is 3. The summed E-state index contributed by atoms with van der Waals surface area (Å²) < 4.78 is 48.2. The predicted molar refractivity (Wildman–Crippen MR) is 132 cm³/mol. The zero-order chi connectivity index (χ0) is 28.2. The van der Waals surface area contributed by atoms with E-state index in [0.29, 0.717) is 39.6 Å². The number of anilines is 2. The van der Waals surface area contributed by atoms with E-state index in [1.54, 1.807) is 38.5 Å². The van der Waals surface area contributed by atoms with Gasteiger partial charge in [-0.3, -0.25) is 15.1 Å². The van der Waals surface area contributed by atoms with E-state index in [1.807, 2.05) is 26.8 Å². The van der Waals surface area contributed by atoms with Crippen LogP contribution in [-0.2, 0) is 4.79 Å². The minimum Gasteiger partial charge on any atom is -0.493 e. The Balaban J connectivity index is 0.000000505. The van der Waals surface area contributed by atoms with Crippen molar-refractivity contribution < 1.29 is 37.3 Å². The number of hydrogen-bond donors (Lipinski definition) is 3. The van der Waals surface area contributed by atoms with E-state index in [4.69, 9.17) is 24.1 Å². The van der Waals surface area contributed by atoms with Gasteiger partial charge < -0.3 is 19.3 Å². The fraction of sp³-hybridized carbons (Fsp3) is 0.292. The van der Waals surface area contributed by atoms with E-state index in [1.165, 1.54) is 0 Å². The number of ether oxygens (including phenoxy) is 3. The number of aryl methyl sites for hydroxylation is 1. The number of methoxy groups -OCH3 is 2. The van der Waals surface area contributed by atoms with Crippen molar-refractivity contribution in [2.24, 2.45) is 0 Å². The second kappa shape index (κ2) is 11.2. The first-order valence-electron chi connectivity index (χ1n) is 11.0. The molecule has 2 aromatic carbocycles. The lowest BCUT2D eigenvalue weighted by Gasteiger charge is -2.13. The van der Waals surface area contributed by atoms with Crippen LogP contribution in [0.25, 0.3) is 21.8 Å². The lowest BCUT2D eigenvalue weighted by molar-refractivity contribution is -0.192. The molecule has 2 aromatic heterocycles. The van der Waals surface area contributed by atoms with Gasteiger partial charge in [0.2, 0.25) is 11.9 Å². The zero-order valence-electron chi connectivity index (χ0n) is 20.9. The van der Waals surface area contributed by atoms with Crippen LogP contribution in [0.15, 0.2) is 35.1 Å². The molecule has 0 aliphatic heterocycles. The number of alkyl halides is 3. The summed E-state index contributed by atoms with van der Waals surface area (Å²) in [7, 11) is 3.15. The summed E-state index contributed by atoms with van der Waals surface area (Å²) in [4.78, 5) is 37.9. The Morgan fingerprint density at radius 1 is 1.03 bits per heavy atom. The van der Waals surface area contributed by atoms with Crippen LogP contribution in [0, 0.1) is 6.92 Å². The fourth-order valence-electron chi connectivity index (χ4n) is 3.34. The number of fused-ring (bicyclic) bond motifs is 2. The summed E-state index contributed by atoms with van der Waals surface area (Å²) in [6.45, 7) is 5.67. The van der Waals surface area contributed by atoms with Crippen LogP contribution < -0.4 is 25.1 Å². The first kappa shape index (κ1) is 28.0. The predicted octanol–water partition coefficient (Wildman–Crippen LogP) is 4.36. The zero-order valence-corrected chi connectivity index (χ0v) is 20.9. The molecule has 38 heavy (non-hydrogen) atoms. The summed E-state index contributed by atoms with van der Waals surface area (Å²) in [5.41, 5.74) is 1.61. The van der Waals surface area contributed by atoms with Crippen molar-refractivity contribution in [1.29, 1.82) is 0 Å². The second-order valence-corrected chi connectivity index (χ2v) is 8.02. The Hall–Kier alpha value is -4.62. The summed E-state index contributed by atoms with van der Waals surface area (Å²) in [6.07, 6.45) is -5.15. The standard InChI is InChI=1S/C22H23N5O4.C2HF3O2/c1-11(2)31-16-8-6-7-14-19(16)20(28)26-22(24-14)27-21-23-12(3)13-9-17(29-4)18(30-5)10-15(13)25-21;3-2(4,5)1(6)7/h6-11H,1-5H3,(H2,23,24,25,26,27,28);(H,6,7). The maximum atomic E-state index is 12.7. The summed E-state index contributed by atoms with van der Waals surface area (Å²) in [6, 6.07) is 8.92. The van der Waals surface area contributed by atoms with Gasteiger partial charge in [-0.1, -0.05) is 6.07 Å². The highest BCUT2D eigenvalue weighted by Gasteiger charge is 2.38. The van der Waals surface area contributed by atoms with Gasteiger partial charge in [-0.15, -0.1) is 0 Å². The van der Waals surface area contributed by atoms with Crippen LogP contribution in [0.2, 0.25) is 0 Å². The van der Waals surface area contributed by atoms with E-state index in [-0.39, 0.29) is 17.6 Å². The molecule has 0 fully saturated rings. The number of carboxylic acid groups (broad SMARTS) is 1. The first-order chi connectivity index (χ1) is 17.8. The lowest BCUT2D eigenvalue weighted by Crippen LogP contribution is -2.21. The summed E-state index contributed by atoms with van der Waals surface area (Å²) in [5, 5.41) is 11.3. The van der Waals surface area contributed by atoms with Gasteiger partial charge in [-0.25, -0.2) is 19.7 Å². The van der Waals surface area contributed by atoms with Crippen molar-refractivity contribution in [1.82, 2.24) is 19.9 Å². The van der Waals surface area contributed by atoms with E-state index >= 15 is 0 Å². The number of hydrogen-bond acceptors (Lipinski definition) is 9. The van der Waals surface area contributed by atoms with Gasteiger partial charge in [0, 0.05) is 11.5 Å². The van der Waals surface area contributed by atoms with E-state index in [0.717, 1.165) is 11.1 Å². The lowest BCUT2D eigenvalue weighted by atomic mass is 10.1. The third-order valence-electron chi connectivity index (χ3n) is 4.92. The molecule has 0 radical (unpaired) electrons. The number of carboxylic acids is 1. The number of H-pyrrole nitrogens is 1. The molecule has 0 atom stereocenters. The van der Waals surface area contributed by atoms with Crippen LogP contribution in [0.5, 0.6) is 17.2 Å². The van der Waals surface area contributed by atoms with Gasteiger partial charge >= 0.3 is 12.1 Å². The van der Waals surface area contributed by atoms with Crippen LogP contribution in [-0.4, -0.2) is 57.5 Å². The van der Waals surface area contributed by atoms with E-state index in [9.17, 15) is 18.0 Å². The molecule has 0 aliphatic carbocycles. The van der Waals surface area contributed by atoms with Gasteiger partial charge in [0.25, 0.3) is 5.56 Å². The minimum absolute atomic E-state index is 0.0626. The molecule has 3 N–H and O–H groups in total. The second-order valence-electron chi connectivity index (χ2n) is 8.02. The quantitative estimate of drug-likeness (QED) is 0.325. The first-order valence-corrected chi connectivity index (χ1v) is 11.0. The van der Waals surface area contributed by atoms with Gasteiger partial charge in [-0.2, -0.15) is 13.2 Å². The SMILES string of the molecule is COc1cc2nc(Nc3nc4cccc(OC(C)C)c4c(=O)[nH]3)nc(C)c2cc1OC.O=C(O)C(F)(F)F. The molecule has 4 aromatic rings. The highest BCUT2D eigenvalue weighted by atomic mass is 19.4. The number of benzene rings is 2. The van der Waals surface area contributed by atoms with Crippen LogP contribution >= 0.6 is 0 Å². The van der Waals surface area contributed by atoms with Crippen LogP contribution in [0.3, 0.4) is 0 Å². The molecule has 0 bridgehead atoms. The van der Waals surface area contributed by atoms with Crippen molar-refractivity contribution in [3.8, 4) is 17.2 Å². The number of aliphatic carboxylic acids is 1. The number of aromatic nitrogens is 4. The van der Waals surface area contributed by atoms with E-state index < -0.39 is 12.1 Å². The molecular formula is C24H24F3N5O6. The number of rotatable bonds is 6. The largest absolute Gasteiger partial charge is 0.493 e. The van der Waals surface area contributed by atoms with Crippen molar-refractivity contribution in [2.75, 3.05) is 19.5 Å². The molecule has 4 rings (SSSR count). The van der Waals surface area contributed by atoms with E-state index in [2.05, 4.69) is 25.3 Å². The third kappa shape index (κ3) is 6.38. The number of halogens is 3. The molecule has 2 heterocycles. The van der Waals surface area contributed by atoms with Gasteiger partial charge in [0.1, 0.15) is 11.1 Å². The average Bonchev–Trinajstić information content (AvgIpc) is 2.82. The number of carbonyl (C=O) groups is 1. The molecule has 0 spiro atoms. The highest BCUT2D eigenvalue weighted by Crippen LogP contribution is 2.33. The summed E-state index contributed by atoms with van der Waals surface area (Å²) in [5.74, 6) is -0.566. The maximum Gasteiger partial charge on any atom is 0.490 e. The van der Waals surface area contributed by atoms with Gasteiger partial charge in [0.15, 0.2) is 11.5 Å².